The summed E-state index contributed by atoms with van der Waals surface area (Å²) in [5.41, 5.74) is -1.52. The number of carbonyl (C=O) groups is 1. The lowest BCUT2D eigenvalue weighted by atomic mass is 10.2. The Labute approximate surface area is 146 Å². The Kier molecular flexibility index (Phi) is 5.28. The normalized spacial score (nSPS) is 11.9. The Balaban J connectivity index is 2.41. The summed E-state index contributed by atoms with van der Waals surface area (Å²) in [6.45, 7) is 0. The third kappa shape index (κ3) is 4.43. The zero-order valence-electron chi connectivity index (χ0n) is 12.6. The predicted octanol–water partition coefficient (Wildman–Crippen LogP) is 3.95. The molecule has 2 aromatic carbocycles. The van der Waals surface area contributed by atoms with E-state index in [2.05, 4.69) is 4.74 Å². The van der Waals surface area contributed by atoms with E-state index in [9.17, 15) is 26.4 Å². The van der Waals surface area contributed by atoms with Crippen LogP contribution in [0.25, 0.3) is 0 Å². The van der Waals surface area contributed by atoms with Gasteiger partial charge in [-0.2, -0.15) is 13.2 Å². The summed E-state index contributed by atoms with van der Waals surface area (Å²) < 4.78 is 69.5. The van der Waals surface area contributed by atoms with Gasteiger partial charge in [0.15, 0.2) is 0 Å². The van der Waals surface area contributed by atoms with Crippen LogP contribution in [0.4, 0.5) is 18.9 Å². The van der Waals surface area contributed by atoms with Crippen molar-refractivity contribution in [2.24, 2.45) is 0 Å². The van der Waals surface area contributed by atoms with E-state index in [1.54, 1.807) is 0 Å². The summed E-state index contributed by atoms with van der Waals surface area (Å²) >= 11 is 5.78. The molecule has 5 nitrogen and oxygen atoms in total. The van der Waals surface area contributed by atoms with Gasteiger partial charge in [0.05, 0.1) is 33.8 Å². The number of ether oxygens (including phenoxy) is 1. The Morgan fingerprint density at radius 2 is 1.84 bits per heavy atom. The number of hydrogen-bond donors (Lipinski definition) is 1. The van der Waals surface area contributed by atoms with Crippen LogP contribution in [0.1, 0.15) is 15.9 Å². The summed E-state index contributed by atoms with van der Waals surface area (Å²) in [6.07, 6.45) is -4.66. The quantitative estimate of drug-likeness (QED) is 0.798. The summed E-state index contributed by atoms with van der Waals surface area (Å²) in [5.74, 6) is -0.755. The van der Waals surface area contributed by atoms with Gasteiger partial charge in [-0.25, -0.2) is 13.2 Å². The molecule has 0 aromatic heterocycles. The molecule has 0 atom stereocenters. The maximum absolute atomic E-state index is 12.8. The number of sulfonamides is 1. The first-order chi connectivity index (χ1) is 11.5. The lowest BCUT2D eigenvalue weighted by molar-refractivity contribution is -0.137. The largest absolute Gasteiger partial charge is 0.465 e. The van der Waals surface area contributed by atoms with E-state index in [4.69, 9.17) is 11.6 Å². The van der Waals surface area contributed by atoms with Crippen molar-refractivity contribution in [3.05, 3.63) is 58.6 Å². The van der Waals surface area contributed by atoms with Crippen molar-refractivity contribution in [3.63, 3.8) is 0 Å². The average Bonchev–Trinajstić information content (AvgIpc) is 2.55. The highest BCUT2D eigenvalue weighted by atomic mass is 35.5. The Bertz CT molecular complexity index is 913. The molecule has 0 aliphatic carbocycles. The van der Waals surface area contributed by atoms with Crippen LogP contribution < -0.4 is 4.72 Å². The van der Waals surface area contributed by atoms with Gasteiger partial charge in [-0.1, -0.05) is 17.7 Å². The van der Waals surface area contributed by atoms with Gasteiger partial charge in [-0.05, 0) is 36.4 Å². The first kappa shape index (κ1) is 19.1. The van der Waals surface area contributed by atoms with Crippen molar-refractivity contribution in [3.8, 4) is 0 Å². The molecule has 1 N–H and O–H groups in total. The van der Waals surface area contributed by atoms with Crippen LogP contribution in [-0.4, -0.2) is 21.5 Å². The number of alkyl halides is 3. The van der Waals surface area contributed by atoms with E-state index in [-0.39, 0.29) is 15.5 Å². The lowest BCUT2D eigenvalue weighted by Gasteiger charge is -2.13. The maximum Gasteiger partial charge on any atom is 0.416 e. The average molecular weight is 394 g/mol. The van der Waals surface area contributed by atoms with Crippen LogP contribution in [0.3, 0.4) is 0 Å². The van der Waals surface area contributed by atoms with Crippen molar-refractivity contribution in [2.45, 2.75) is 11.1 Å². The zero-order chi connectivity index (χ0) is 18.8. The molecule has 0 aliphatic rings. The summed E-state index contributed by atoms with van der Waals surface area (Å²) in [7, 11) is -3.14. The fourth-order valence-corrected chi connectivity index (χ4v) is 3.23. The van der Waals surface area contributed by atoms with Crippen LogP contribution in [0.2, 0.25) is 5.02 Å². The molecule has 0 saturated heterocycles. The highest BCUT2D eigenvalue weighted by Crippen LogP contribution is 2.34. The van der Waals surface area contributed by atoms with Crippen LogP contribution in [0.5, 0.6) is 0 Å². The highest BCUT2D eigenvalue weighted by Gasteiger charge is 2.31. The molecule has 0 bridgehead atoms. The number of rotatable bonds is 4. The second-order valence-corrected chi connectivity index (χ2v) is 6.91. The van der Waals surface area contributed by atoms with Crippen LogP contribution in [0.15, 0.2) is 47.4 Å². The fourth-order valence-electron chi connectivity index (χ4n) is 1.89. The Morgan fingerprint density at radius 1 is 1.16 bits per heavy atom. The van der Waals surface area contributed by atoms with E-state index in [1.807, 2.05) is 4.72 Å². The van der Waals surface area contributed by atoms with Gasteiger partial charge in [0.25, 0.3) is 10.0 Å². The minimum Gasteiger partial charge on any atom is -0.465 e. The number of esters is 1. The summed E-state index contributed by atoms with van der Waals surface area (Å²) in [5, 5.41) is -0.208. The van der Waals surface area contributed by atoms with Gasteiger partial charge < -0.3 is 4.74 Å². The molecule has 0 amide bonds. The molecule has 0 radical (unpaired) electrons. The molecule has 0 aliphatic heterocycles. The molecule has 0 unspecified atom stereocenters. The van der Waals surface area contributed by atoms with Crippen molar-refractivity contribution in [1.29, 1.82) is 0 Å². The van der Waals surface area contributed by atoms with Crippen LogP contribution >= 0.6 is 11.6 Å². The van der Waals surface area contributed by atoms with E-state index in [0.717, 1.165) is 25.3 Å². The molecular formula is C15H11ClF3NO4S. The molecule has 25 heavy (non-hydrogen) atoms. The number of hydrogen-bond acceptors (Lipinski definition) is 4. The van der Waals surface area contributed by atoms with Crippen molar-refractivity contribution in [2.75, 3.05) is 11.8 Å². The molecule has 10 heteroatoms. The van der Waals surface area contributed by atoms with Gasteiger partial charge in [0.2, 0.25) is 0 Å². The van der Waals surface area contributed by atoms with Gasteiger partial charge in [-0.3, -0.25) is 4.72 Å². The van der Waals surface area contributed by atoms with E-state index in [1.165, 1.54) is 18.2 Å². The molecule has 2 rings (SSSR count). The summed E-state index contributed by atoms with van der Waals surface area (Å²) in [4.78, 5) is 11.1. The van der Waals surface area contributed by atoms with E-state index >= 15 is 0 Å². The summed E-state index contributed by atoms with van der Waals surface area (Å²) in [6, 6.07) is 7.11. The number of methoxy groups -OCH3 is 1. The molecule has 0 saturated carbocycles. The molecular weight excluding hydrogens is 383 g/mol. The minimum absolute atomic E-state index is 0.0273. The van der Waals surface area contributed by atoms with Gasteiger partial charge in [0, 0.05) is 0 Å². The predicted molar refractivity (Wildman–Crippen MR) is 85.0 cm³/mol. The number of anilines is 1. The van der Waals surface area contributed by atoms with Gasteiger partial charge in [-0.15, -0.1) is 0 Å². The van der Waals surface area contributed by atoms with Crippen LogP contribution in [-0.2, 0) is 20.9 Å². The topological polar surface area (TPSA) is 72.5 Å². The van der Waals surface area contributed by atoms with Crippen LogP contribution in [0, 0.1) is 0 Å². The number of carbonyl (C=O) groups excluding carboxylic acids is 1. The Morgan fingerprint density at radius 3 is 2.44 bits per heavy atom. The van der Waals surface area contributed by atoms with Crippen molar-refractivity contribution in [1.82, 2.24) is 0 Å². The molecule has 134 valence electrons. The number of nitrogens with one attached hydrogen (secondary N) is 1. The van der Waals surface area contributed by atoms with Gasteiger partial charge >= 0.3 is 12.1 Å². The smallest absolute Gasteiger partial charge is 0.416 e. The third-order valence-corrected chi connectivity index (χ3v) is 4.80. The van der Waals surface area contributed by atoms with E-state index < -0.39 is 33.4 Å². The highest BCUT2D eigenvalue weighted by molar-refractivity contribution is 7.92. The second kappa shape index (κ2) is 6.93. The second-order valence-electron chi connectivity index (χ2n) is 4.82. The van der Waals surface area contributed by atoms with E-state index in [0.29, 0.717) is 6.07 Å². The number of halogens is 4. The Hall–Kier alpha value is -2.26. The molecule has 0 fully saturated rings. The van der Waals surface area contributed by atoms with Crippen molar-refractivity contribution < 1.29 is 31.1 Å². The molecule has 2 aromatic rings. The first-order valence-electron chi connectivity index (χ1n) is 6.62. The minimum atomic E-state index is -4.66. The SMILES string of the molecule is COC(=O)c1cccc(S(=O)(=O)Nc2cc(C(F)(F)F)ccc2Cl)c1. The lowest BCUT2D eigenvalue weighted by Crippen LogP contribution is -2.15. The fraction of sp³-hybridized carbons (Fsp3) is 0.133. The standard InChI is InChI=1S/C15H11ClF3NO4S/c1-24-14(21)9-3-2-4-11(7-9)25(22,23)20-13-8-10(15(17,18)19)5-6-12(13)16/h2-8,20H,1H3. The zero-order valence-corrected chi connectivity index (χ0v) is 14.2. The third-order valence-electron chi connectivity index (χ3n) is 3.10. The van der Waals surface area contributed by atoms with Crippen molar-refractivity contribution >= 4 is 33.3 Å². The first-order valence-corrected chi connectivity index (χ1v) is 8.48. The maximum atomic E-state index is 12.8. The molecule has 0 heterocycles. The number of benzene rings is 2. The molecule has 0 spiro atoms. The monoisotopic (exact) mass is 393 g/mol. The van der Waals surface area contributed by atoms with Gasteiger partial charge in [0.1, 0.15) is 0 Å².